The molecule has 0 aromatic heterocycles. The van der Waals surface area contributed by atoms with Crippen LogP contribution in [-0.2, 0) is 0 Å². The van der Waals surface area contributed by atoms with Crippen molar-refractivity contribution in [2.45, 2.75) is 51.1 Å². The summed E-state index contributed by atoms with van der Waals surface area (Å²) in [6, 6.07) is 9.05. The lowest BCUT2D eigenvalue weighted by molar-refractivity contribution is 0.297. The normalized spacial score (nSPS) is 17.6. The van der Waals surface area contributed by atoms with E-state index in [0.717, 1.165) is 6.42 Å². The molecule has 3 heteroatoms. The van der Waals surface area contributed by atoms with Crippen LogP contribution in [-0.4, -0.2) is 24.3 Å². The molecule has 0 radical (unpaired) electrons. The predicted molar refractivity (Wildman–Crippen MR) is 80.3 cm³/mol. The Labute approximate surface area is 116 Å². The van der Waals surface area contributed by atoms with E-state index in [-0.39, 0.29) is 12.6 Å². The van der Waals surface area contributed by atoms with E-state index in [9.17, 15) is 5.11 Å². The highest BCUT2D eigenvalue weighted by Gasteiger charge is 2.24. The van der Waals surface area contributed by atoms with Gasteiger partial charge in [0.25, 0.3) is 0 Å². The Morgan fingerprint density at radius 1 is 1.32 bits per heavy atom. The summed E-state index contributed by atoms with van der Waals surface area (Å²) in [6.07, 6.45) is 6.00. The number of aliphatic hydroxyl groups is 1. The summed E-state index contributed by atoms with van der Waals surface area (Å²) < 4.78 is 0. The largest absolute Gasteiger partial charge is 0.395 e. The monoisotopic (exact) mass is 262 g/mol. The van der Waals surface area contributed by atoms with E-state index in [4.69, 9.17) is 5.73 Å². The Kier molecular flexibility index (Phi) is 5.23. The van der Waals surface area contributed by atoms with Gasteiger partial charge in [-0.05, 0) is 30.9 Å². The number of rotatable bonds is 6. The minimum Gasteiger partial charge on any atom is -0.395 e. The summed E-state index contributed by atoms with van der Waals surface area (Å²) in [5.41, 5.74) is 8.67. The molecule has 3 nitrogen and oxygen atoms in total. The summed E-state index contributed by atoms with van der Waals surface area (Å²) in [7, 11) is 0. The molecule has 0 aliphatic heterocycles. The van der Waals surface area contributed by atoms with Crippen LogP contribution in [0.2, 0.25) is 0 Å². The molecule has 1 aliphatic carbocycles. The van der Waals surface area contributed by atoms with Gasteiger partial charge in [-0.15, -0.1) is 0 Å². The minimum atomic E-state index is 0.0822. The van der Waals surface area contributed by atoms with Gasteiger partial charge in [0.1, 0.15) is 0 Å². The van der Waals surface area contributed by atoms with E-state index in [1.807, 2.05) is 0 Å². The fourth-order valence-electron chi connectivity index (χ4n) is 3.11. The van der Waals surface area contributed by atoms with E-state index in [0.29, 0.717) is 12.6 Å². The van der Waals surface area contributed by atoms with Crippen molar-refractivity contribution in [1.29, 1.82) is 0 Å². The number of para-hydroxylation sites is 1. The van der Waals surface area contributed by atoms with Gasteiger partial charge in [0.15, 0.2) is 0 Å². The second-order valence-corrected chi connectivity index (χ2v) is 5.43. The van der Waals surface area contributed by atoms with Gasteiger partial charge in [-0.3, -0.25) is 0 Å². The lowest BCUT2D eigenvalue weighted by Crippen LogP contribution is -2.36. The van der Waals surface area contributed by atoms with Gasteiger partial charge < -0.3 is 15.7 Å². The summed E-state index contributed by atoms with van der Waals surface area (Å²) in [5, 5.41) is 9.37. The van der Waals surface area contributed by atoms with Crippen molar-refractivity contribution in [3.8, 4) is 0 Å². The Balaban J connectivity index is 2.29. The standard InChI is InChI=1S/C16H26N2O/c1-2-15(17)14-9-5-6-10-16(14)18(11-12-19)13-7-3-4-8-13/h5-6,9-10,13,15,19H,2-4,7-8,11-12,17H2,1H3. The predicted octanol–water partition coefficient (Wildman–Crippen LogP) is 2.84. The minimum absolute atomic E-state index is 0.0822. The van der Waals surface area contributed by atoms with Crippen molar-refractivity contribution >= 4 is 5.69 Å². The number of anilines is 1. The van der Waals surface area contributed by atoms with Crippen molar-refractivity contribution < 1.29 is 5.11 Å². The fraction of sp³-hybridized carbons (Fsp3) is 0.625. The Hall–Kier alpha value is -1.06. The maximum atomic E-state index is 9.37. The van der Waals surface area contributed by atoms with Crippen LogP contribution in [0.3, 0.4) is 0 Å². The van der Waals surface area contributed by atoms with E-state index in [1.165, 1.54) is 36.9 Å². The van der Waals surface area contributed by atoms with Crippen molar-refractivity contribution in [2.75, 3.05) is 18.1 Å². The summed E-state index contributed by atoms with van der Waals surface area (Å²) in [4.78, 5) is 2.37. The second kappa shape index (κ2) is 6.92. The average Bonchev–Trinajstić information content (AvgIpc) is 2.98. The molecule has 19 heavy (non-hydrogen) atoms. The molecule has 3 N–H and O–H groups in total. The first-order valence-corrected chi connectivity index (χ1v) is 7.50. The molecule has 0 amide bonds. The van der Waals surface area contributed by atoms with Crippen LogP contribution in [0.1, 0.15) is 50.6 Å². The third-order valence-corrected chi connectivity index (χ3v) is 4.19. The van der Waals surface area contributed by atoms with E-state index in [1.54, 1.807) is 0 Å². The molecule has 1 aliphatic rings. The van der Waals surface area contributed by atoms with Crippen molar-refractivity contribution in [3.63, 3.8) is 0 Å². The summed E-state index contributed by atoms with van der Waals surface area (Å²) in [6.45, 7) is 3.03. The van der Waals surface area contributed by atoms with Crippen LogP contribution in [0, 0.1) is 0 Å². The molecule has 0 heterocycles. The van der Waals surface area contributed by atoms with Crippen LogP contribution >= 0.6 is 0 Å². The van der Waals surface area contributed by atoms with Crippen molar-refractivity contribution in [3.05, 3.63) is 29.8 Å². The highest BCUT2D eigenvalue weighted by atomic mass is 16.3. The van der Waals surface area contributed by atoms with Gasteiger partial charge in [-0.2, -0.15) is 0 Å². The van der Waals surface area contributed by atoms with Crippen LogP contribution < -0.4 is 10.6 Å². The number of benzene rings is 1. The summed E-state index contributed by atoms with van der Waals surface area (Å²) in [5.74, 6) is 0. The van der Waals surface area contributed by atoms with E-state index in [2.05, 4.69) is 36.1 Å². The molecule has 1 aromatic rings. The Morgan fingerprint density at radius 3 is 2.63 bits per heavy atom. The zero-order valence-corrected chi connectivity index (χ0v) is 11.9. The zero-order valence-electron chi connectivity index (χ0n) is 11.9. The lowest BCUT2D eigenvalue weighted by Gasteiger charge is -2.33. The molecular formula is C16H26N2O. The van der Waals surface area contributed by atoms with Gasteiger partial charge >= 0.3 is 0 Å². The zero-order chi connectivity index (χ0) is 13.7. The first-order chi connectivity index (χ1) is 9.27. The number of aliphatic hydroxyl groups excluding tert-OH is 1. The molecule has 1 fully saturated rings. The van der Waals surface area contributed by atoms with E-state index >= 15 is 0 Å². The van der Waals surface area contributed by atoms with Gasteiger partial charge in [-0.1, -0.05) is 38.0 Å². The number of nitrogens with two attached hydrogens (primary N) is 1. The molecular weight excluding hydrogens is 236 g/mol. The second-order valence-electron chi connectivity index (χ2n) is 5.43. The quantitative estimate of drug-likeness (QED) is 0.829. The fourth-order valence-corrected chi connectivity index (χ4v) is 3.11. The first-order valence-electron chi connectivity index (χ1n) is 7.50. The molecule has 106 valence electrons. The topological polar surface area (TPSA) is 49.5 Å². The molecule has 0 spiro atoms. The maximum Gasteiger partial charge on any atom is 0.0606 e. The Bertz CT molecular complexity index is 388. The molecule has 1 saturated carbocycles. The molecule has 1 atom stereocenters. The number of hydrogen-bond acceptors (Lipinski definition) is 3. The van der Waals surface area contributed by atoms with Crippen LogP contribution in [0.4, 0.5) is 5.69 Å². The molecule has 1 aromatic carbocycles. The number of nitrogens with zero attached hydrogens (tertiary/aromatic N) is 1. The Morgan fingerprint density at radius 2 is 2.00 bits per heavy atom. The maximum absolute atomic E-state index is 9.37. The molecule has 0 bridgehead atoms. The average molecular weight is 262 g/mol. The van der Waals surface area contributed by atoms with Crippen LogP contribution in [0.15, 0.2) is 24.3 Å². The summed E-state index contributed by atoms with van der Waals surface area (Å²) >= 11 is 0. The number of hydrogen-bond donors (Lipinski definition) is 2. The smallest absolute Gasteiger partial charge is 0.0606 e. The van der Waals surface area contributed by atoms with Crippen molar-refractivity contribution in [2.24, 2.45) is 5.73 Å². The third-order valence-electron chi connectivity index (χ3n) is 4.19. The highest BCUT2D eigenvalue weighted by molar-refractivity contribution is 5.56. The molecule has 1 unspecified atom stereocenters. The van der Waals surface area contributed by atoms with Crippen LogP contribution in [0.5, 0.6) is 0 Å². The van der Waals surface area contributed by atoms with Gasteiger partial charge in [0, 0.05) is 24.3 Å². The first kappa shape index (κ1) is 14.4. The van der Waals surface area contributed by atoms with Gasteiger partial charge in [0.05, 0.1) is 6.61 Å². The third kappa shape index (κ3) is 3.28. The van der Waals surface area contributed by atoms with Gasteiger partial charge in [-0.25, -0.2) is 0 Å². The lowest BCUT2D eigenvalue weighted by atomic mass is 10.0. The molecule has 2 rings (SSSR count). The van der Waals surface area contributed by atoms with Crippen molar-refractivity contribution in [1.82, 2.24) is 0 Å². The van der Waals surface area contributed by atoms with Gasteiger partial charge in [0.2, 0.25) is 0 Å². The van der Waals surface area contributed by atoms with E-state index < -0.39 is 0 Å². The molecule has 0 saturated heterocycles. The SMILES string of the molecule is CCC(N)c1ccccc1N(CCO)C1CCCC1. The van der Waals surface area contributed by atoms with Crippen LogP contribution in [0.25, 0.3) is 0 Å². The highest BCUT2D eigenvalue weighted by Crippen LogP contribution is 2.32.